The molecule has 0 saturated carbocycles. The number of nitrogens with zero attached hydrogens (tertiary/aromatic N) is 2. The second-order valence-corrected chi connectivity index (χ2v) is 8.73. The normalized spacial score (nSPS) is 15.8. The van der Waals surface area contributed by atoms with Crippen molar-refractivity contribution in [3.8, 4) is 0 Å². The van der Waals surface area contributed by atoms with Gasteiger partial charge in [0.2, 0.25) is 0 Å². The van der Waals surface area contributed by atoms with Gasteiger partial charge in [-0.15, -0.1) is 0 Å². The Labute approximate surface area is 187 Å². The zero-order valence-electron chi connectivity index (χ0n) is 18.2. The molecule has 1 aliphatic rings. The summed E-state index contributed by atoms with van der Waals surface area (Å²) in [5.41, 5.74) is 1.20. The first kappa shape index (κ1) is 24.4. The Balaban J connectivity index is 1.93. The molecule has 6 heteroatoms. The number of nitrogens with one attached hydrogen (secondary N) is 1. The van der Waals surface area contributed by atoms with Crippen LogP contribution in [-0.2, 0) is 11.3 Å². The minimum atomic E-state index is 0.454. The maximum absolute atomic E-state index is 6.21. The molecule has 1 aliphatic heterocycles. The molecule has 0 spiro atoms. The molecule has 2 rings (SSSR count). The van der Waals surface area contributed by atoms with E-state index in [0.717, 1.165) is 68.9 Å². The minimum absolute atomic E-state index is 0.454. The van der Waals surface area contributed by atoms with Gasteiger partial charge in [0.25, 0.3) is 0 Å². The van der Waals surface area contributed by atoms with E-state index >= 15 is 0 Å². The summed E-state index contributed by atoms with van der Waals surface area (Å²) < 4.78 is 5.46. The summed E-state index contributed by atoms with van der Waals surface area (Å²) in [6.07, 6.45) is 7.18. The highest BCUT2D eigenvalue weighted by Crippen LogP contribution is 2.14. The summed E-state index contributed by atoms with van der Waals surface area (Å²) in [5.74, 6) is 0. The first-order valence-corrected chi connectivity index (χ1v) is 12.0. The first-order chi connectivity index (χ1) is 14.1. The van der Waals surface area contributed by atoms with Crippen LogP contribution in [0.5, 0.6) is 0 Å². The van der Waals surface area contributed by atoms with Crippen molar-refractivity contribution in [1.29, 1.82) is 0 Å². The van der Waals surface area contributed by atoms with Gasteiger partial charge in [-0.05, 0) is 49.2 Å². The van der Waals surface area contributed by atoms with Crippen molar-refractivity contribution >= 4 is 28.9 Å². The highest BCUT2D eigenvalue weighted by Gasteiger charge is 2.16. The first-order valence-electron chi connectivity index (χ1n) is 11.2. The largest absolute Gasteiger partial charge is 0.379 e. The molecule has 164 valence electrons. The summed E-state index contributed by atoms with van der Waals surface area (Å²) in [7, 11) is 0. The predicted octanol–water partition coefficient (Wildman–Crippen LogP) is 5.10. The van der Waals surface area contributed by atoms with Crippen LogP contribution in [0.3, 0.4) is 0 Å². The van der Waals surface area contributed by atoms with E-state index in [1.807, 2.05) is 18.2 Å². The minimum Gasteiger partial charge on any atom is -0.379 e. The summed E-state index contributed by atoms with van der Waals surface area (Å²) in [4.78, 5) is 4.79. The summed E-state index contributed by atoms with van der Waals surface area (Å²) in [5, 5.41) is 5.29. The number of hydrogen-bond acceptors (Lipinski definition) is 3. The van der Waals surface area contributed by atoms with Crippen LogP contribution in [-0.4, -0.2) is 60.3 Å². The zero-order chi connectivity index (χ0) is 20.9. The van der Waals surface area contributed by atoms with E-state index in [4.69, 9.17) is 28.6 Å². The molecule has 0 bridgehead atoms. The van der Waals surface area contributed by atoms with Crippen LogP contribution in [0.25, 0.3) is 0 Å². The second kappa shape index (κ2) is 14.2. The van der Waals surface area contributed by atoms with Crippen molar-refractivity contribution < 1.29 is 4.74 Å². The molecule has 1 atom stereocenters. The Bertz CT molecular complexity index is 595. The van der Waals surface area contributed by atoms with Gasteiger partial charge < -0.3 is 15.0 Å². The van der Waals surface area contributed by atoms with Gasteiger partial charge in [-0.2, -0.15) is 0 Å². The highest BCUT2D eigenvalue weighted by atomic mass is 35.5. The Morgan fingerprint density at radius 1 is 1.24 bits per heavy atom. The third-order valence-electron chi connectivity index (χ3n) is 5.53. The molecule has 1 unspecified atom stereocenters. The van der Waals surface area contributed by atoms with Gasteiger partial charge >= 0.3 is 0 Å². The molecule has 0 radical (unpaired) electrons. The van der Waals surface area contributed by atoms with Crippen LogP contribution in [0.4, 0.5) is 0 Å². The zero-order valence-corrected chi connectivity index (χ0v) is 19.7. The molecular formula is C23H38ClN3OS. The average Bonchev–Trinajstić information content (AvgIpc) is 2.73. The fourth-order valence-corrected chi connectivity index (χ4v) is 4.24. The van der Waals surface area contributed by atoms with Crippen molar-refractivity contribution in [1.82, 2.24) is 15.1 Å². The van der Waals surface area contributed by atoms with Gasteiger partial charge in [0.05, 0.1) is 13.2 Å². The molecule has 1 aromatic carbocycles. The number of thiocarbonyl (C=S) groups is 1. The number of halogens is 1. The molecule has 0 aromatic heterocycles. The van der Waals surface area contributed by atoms with Crippen molar-refractivity contribution in [2.45, 2.75) is 65.0 Å². The second-order valence-electron chi connectivity index (χ2n) is 7.91. The lowest BCUT2D eigenvalue weighted by Gasteiger charge is -2.31. The molecule has 0 amide bonds. The number of hydrogen-bond donors (Lipinski definition) is 1. The van der Waals surface area contributed by atoms with E-state index in [2.05, 4.69) is 35.0 Å². The standard InChI is InChI=1S/C23H38ClN3OS/c1-3-5-6-11-22(4-2)25-23(29)27(19-20-9-7-10-21(24)18-20)13-8-12-26-14-16-28-17-15-26/h7,9-10,18,22H,3-6,8,11-17,19H2,1-2H3,(H,25,29). The number of benzene rings is 1. The van der Waals surface area contributed by atoms with E-state index in [-0.39, 0.29) is 0 Å². The Hall–Kier alpha value is -0.880. The van der Waals surface area contributed by atoms with Crippen LogP contribution in [0, 0.1) is 0 Å². The van der Waals surface area contributed by atoms with Gasteiger partial charge in [-0.25, -0.2) is 0 Å². The van der Waals surface area contributed by atoms with Gasteiger partial charge in [0.15, 0.2) is 5.11 Å². The highest BCUT2D eigenvalue weighted by molar-refractivity contribution is 7.80. The van der Waals surface area contributed by atoms with Crippen molar-refractivity contribution in [3.63, 3.8) is 0 Å². The number of ether oxygens (including phenoxy) is 1. The molecule has 1 fully saturated rings. The van der Waals surface area contributed by atoms with Crippen LogP contribution in [0.2, 0.25) is 5.02 Å². The van der Waals surface area contributed by atoms with E-state index in [9.17, 15) is 0 Å². The third kappa shape index (κ3) is 9.65. The van der Waals surface area contributed by atoms with Crippen molar-refractivity contribution in [2.75, 3.05) is 39.4 Å². The number of morpholine rings is 1. The van der Waals surface area contributed by atoms with Gasteiger partial charge in [0, 0.05) is 43.8 Å². The van der Waals surface area contributed by atoms with Crippen LogP contribution < -0.4 is 5.32 Å². The third-order valence-corrected chi connectivity index (χ3v) is 6.14. The fourth-order valence-electron chi connectivity index (χ4n) is 3.70. The maximum Gasteiger partial charge on any atom is 0.169 e. The summed E-state index contributed by atoms with van der Waals surface area (Å²) in [6.45, 7) is 11.1. The van der Waals surface area contributed by atoms with Crippen LogP contribution in [0.15, 0.2) is 24.3 Å². The van der Waals surface area contributed by atoms with E-state index in [1.165, 1.54) is 31.2 Å². The van der Waals surface area contributed by atoms with Gasteiger partial charge in [-0.1, -0.05) is 56.8 Å². The molecule has 29 heavy (non-hydrogen) atoms. The van der Waals surface area contributed by atoms with E-state index in [0.29, 0.717) is 6.04 Å². The number of unbranched alkanes of at least 4 members (excludes halogenated alkanes) is 2. The van der Waals surface area contributed by atoms with Crippen LogP contribution in [0.1, 0.15) is 57.9 Å². The molecule has 4 nitrogen and oxygen atoms in total. The molecule has 0 aliphatic carbocycles. The lowest BCUT2D eigenvalue weighted by Crippen LogP contribution is -2.45. The average molecular weight is 440 g/mol. The van der Waals surface area contributed by atoms with Crippen molar-refractivity contribution in [3.05, 3.63) is 34.9 Å². The molecular weight excluding hydrogens is 402 g/mol. The fraction of sp³-hybridized carbons (Fsp3) is 0.696. The summed E-state index contributed by atoms with van der Waals surface area (Å²) in [6, 6.07) is 8.56. The maximum atomic E-state index is 6.21. The summed E-state index contributed by atoms with van der Waals surface area (Å²) >= 11 is 12.1. The topological polar surface area (TPSA) is 27.7 Å². The quantitative estimate of drug-likeness (QED) is 0.361. The molecule has 1 aromatic rings. The van der Waals surface area contributed by atoms with E-state index < -0.39 is 0 Å². The lowest BCUT2D eigenvalue weighted by atomic mass is 10.1. The monoisotopic (exact) mass is 439 g/mol. The molecule has 1 N–H and O–H groups in total. The van der Waals surface area contributed by atoms with E-state index in [1.54, 1.807) is 0 Å². The van der Waals surface area contributed by atoms with Gasteiger partial charge in [0.1, 0.15) is 0 Å². The van der Waals surface area contributed by atoms with Crippen molar-refractivity contribution in [2.24, 2.45) is 0 Å². The Morgan fingerprint density at radius 3 is 2.72 bits per heavy atom. The lowest BCUT2D eigenvalue weighted by molar-refractivity contribution is 0.0367. The van der Waals surface area contributed by atoms with Crippen LogP contribution >= 0.6 is 23.8 Å². The molecule has 1 saturated heterocycles. The van der Waals surface area contributed by atoms with Gasteiger partial charge in [-0.3, -0.25) is 4.90 Å². The Morgan fingerprint density at radius 2 is 2.03 bits per heavy atom. The Kier molecular flexibility index (Phi) is 11.9. The predicted molar refractivity (Wildman–Crippen MR) is 128 cm³/mol. The smallest absolute Gasteiger partial charge is 0.169 e. The molecule has 1 heterocycles. The number of rotatable bonds is 12. The SMILES string of the molecule is CCCCCC(CC)NC(=S)N(CCCN1CCOCC1)Cc1cccc(Cl)c1.